The third-order valence-electron chi connectivity index (χ3n) is 5.51. The highest BCUT2D eigenvalue weighted by molar-refractivity contribution is 5.85. The fourth-order valence-electron chi connectivity index (χ4n) is 4.05. The van der Waals surface area contributed by atoms with Gasteiger partial charge in [-0.05, 0) is 44.8 Å². The molecule has 1 aromatic rings. The summed E-state index contributed by atoms with van der Waals surface area (Å²) >= 11 is 0. The minimum Gasteiger partial charge on any atom is -0.353 e. The van der Waals surface area contributed by atoms with Crippen LogP contribution in [0.15, 0.2) is 18.5 Å². The number of amides is 1. The van der Waals surface area contributed by atoms with E-state index in [4.69, 9.17) is 0 Å². The first kappa shape index (κ1) is 17.1. The molecule has 1 amide bonds. The molecule has 6 heteroatoms. The summed E-state index contributed by atoms with van der Waals surface area (Å²) in [6, 6.07) is 2.11. The van der Waals surface area contributed by atoms with Crippen LogP contribution in [0.5, 0.6) is 0 Å². The van der Waals surface area contributed by atoms with Gasteiger partial charge >= 0.3 is 0 Å². The van der Waals surface area contributed by atoms with Gasteiger partial charge in [0.15, 0.2) is 0 Å². The van der Waals surface area contributed by atoms with Crippen LogP contribution in [0.4, 0.5) is 5.95 Å². The molecule has 3 rings (SSSR count). The van der Waals surface area contributed by atoms with Crippen LogP contribution in [0.2, 0.25) is 0 Å². The number of nitrogens with one attached hydrogen (secondary N) is 1. The van der Waals surface area contributed by atoms with Crippen molar-refractivity contribution in [1.29, 1.82) is 0 Å². The number of carbonyl (C=O) groups excluding carboxylic acids is 1. The Morgan fingerprint density at radius 3 is 2.83 bits per heavy atom. The third-order valence-corrected chi connectivity index (χ3v) is 5.51. The van der Waals surface area contributed by atoms with Crippen LogP contribution in [-0.2, 0) is 4.79 Å². The predicted molar refractivity (Wildman–Crippen MR) is 94.8 cm³/mol. The smallest absolute Gasteiger partial charge is 0.242 e. The molecule has 3 atom stereocenters. The molecule has 0 radical (unpaired) electrons. The molecule has 2 aliphatic rings. The Morgan fingerprint density at radius 1 is 1.33 bits per heavy atom. The zero-order valence-corrected chi connectivity index (χ0v) is 14.8. The van der Waals surface area contributed by atoms with Crippen LogP contribution in [-0.4, -0.2) is 59.5 Å². The maximum Gasteiger partial charge on any atom is 0.242 e. The van der Waals surface area contributed by atoms with Crippen molar-refractivity contribution in [3.63, 3.8) is 0 Å². The molecule has 6 nitrogen and oxygen atoms in total. The van der Waals surface area contributed by atoms with E-state index in [9.17, 15) is 4.79 Å². The molecular formula is C18H29N5O. The summed E-state index contributed by atoms with van der Waals surface area (Å²) in [6.07, 6.45) is 9.34. The molecule has 1 N–H and O–H groups in total. The van der Waals surface area contributed by atoms with Crippen LogP contribution in [0.25, 0.3) is 0 Å². The lowest BCUT2D eigenvalue weighted by molar-refractivity contribution is -0.122. The highest BCUT2D eigenvalue weighted by Gasteiger charge is 2.46. The normalized spacial score (nSPS) is 26.5. The quantitative estimate of drug-likeness (QED) is 0.859. The van der Waals surface area contributed by atoms with E-state index >= 15 is 0 Å². The molecule has 2 heterocycles. The monoisotopic (exact) mass is 331 g/mol. The molecule has 24 heavy (non-hydrogen) atoms. The van der Waals surface area contributed by atoms with Crippen molar-refractivity contribution < 1.29 is 4.79 Å². The second-order valence-corrected chi connectivity index (χ2v) is 7.01. The average Bonchev–Trinajstić information content (AvgIpc) is 3.01. The number of fused-ring (bicyclic) bond motifs is 1. The summed E-state index contributed by atoms with van der Waals surface area (Å²) in [5.74, 6) is 1.43. The van der Waals surface area contributed by atoms with Crippen molar-refractivity contribution in [1.82, 2.24) is 20.2 Å². The Kier molecular flexibility index (Phi) is 5.66. The highest BCUT2D eigenvalue weighted by atomic mass is 16.2. The van der Waals surface area contributed by atoms with Crippen LogP contribution >= 0.6 is 0 Å². The maximum atomic E-state index is 12.8. The van der Waals surface area contributed by atoms with Gasteiger partial charge in [-0.1, -0.05) is 19.8 Å². The molecule has 0 unspecified atom stereocenters. The topological polar surface area (TPSA) is 61.4 Å². The van der Waals surface area contributed by atoms with Crippen LogP contribution < -0.4 is 10.2 Å². The van der Waals surface area contributed by atoms with Crippen molar-refractivity contribution in [2.24, 2.45) is 5.92 Å². The van der Waals surface area contributed by atoms with Gasteiger partial charge in [0.05, 0.1) is 0 Å². The van der Waals surface area contributed by atoms with Gasteiger partial charge in [-0.25, -0.2) is 9.97 Å². The molecule has 0 spiro atoms. The van der Waals surface area contributed by atoms with Crippen molar-refractivity contribution in [2.75, 3.05) is 31.6 Å². The number of hydrogen-bond acceptors (Lipinski definition) is 5. The number of aromatic nitrogens is 2. The van der Waals surface area contributed by atoms with Gasteiger partial charge in [0, 0.05) is 31.5 Å². The first-order chi connectivity index (χ1) is 11.7. The summed E-state index contributed by atoms with van der Waals surface area (Å²) in [5, 5.41) is 3.12. The number of likely N-dealkylation sites (N-methyl/N-ethyl adjacent to an activating group) is 1. The van der Waals surface area contributed by atoms with Crippen molar-refractivity contribution in [3.8, 4) is 0 Å². The van der Waals surface area contributed by atoms with Crippen molar-refractivity contribution in [3.05, 3.63) is 18.5 Å². The fraction of sp³-hybridized carbons (Fsp3) is 0.722. The van der Waals surface area contributed by atoms with Crippen LogP contribution in [0.1, 0.15) is 39.0 Å². The van der Waals surface area contributed by atoms with Gasteiger partial charge in [0.25, 0.3) is 0 Å². The molecule has 132 valence electrons. The van der Waals surface area contributed by atoms with Gasteiger partial charge in [-0.3, -0.25) is 4.79 Å². The van der Waals surface area contributed by atoms with Gasteiger partial charge < -0.3 is 15.1 Å². The molecule has 2 fully saturated rings. The number of hydrogen-bond donors (Lipinski definition) is 1. The summed E-state index contributed by atoms with van der Waals surface area (Å²) in [5.41, 5.74) is 0. The van der Waals surface area contributed by atoms with E-state index in [1.165, 1.54) is 19.3 Å². The Balaban J connectivity index is 1.71. The molecule has 1 aliphatic heterocycles. The summed E-state index contributed by atoms with van der Waals surface area (Å²) in [4.78, 5) is 26.1. The molecule has 0 bridgehead atoms. The molecule has 1 aliphatic carbocycles. The molecule has 1 saturated carbocycles. The number of anilines is 1. The van der Waals surface area contributed by atoms with E-state index in [0.29, 0.717) is 24.5 Å². The van der Waals surface area contributed by atoms with E-state index in [2.05, 4.69) is 39.1 Å². The van der Waals surface area contributed by atoms with E-state index < -0.39 is 0 Å². The largest absolute Gasteiger partial charge is 0.353 e. The summed E-state index contributed by atoms with van der Waals surface area (Å²) < 4.78 is 0. The van der Waals surface area contributed by atoms with Gasteiger partial charge in [0.1, 0.15) is 6.04 Å². The molecular weight excluding hydrogens is 302 g/mol. The van der Waals surface area contributed by atoms with E-state index in [-0.39, 0.29) is 11.9 Å². The van der Waals surface area contributed by atoms with Gasteiger partial charge in [-0.15, -0.1) is 0 Å². The zero-order chi connectivity index (χ0) is 16.9. The minimum absolute atomic E-state index is 0.126. The second kappa shape index (κ2) is 7.92. The molecule has 1 saturated heterocycles. The Hall–Kier alpha value is -1.69. The first-order valence-electron chi connectivity index (χ1n) is 9.22. The summed E-state index contributed by atoms with van der Waals surface area (Å²) in [6.45, 7) is 4.69. The lowest BCUT2D eigenvalue weighted by atomic mass is 9.85. The molecule has 1 aromatic heterocycles. The van der Waals surface area contributed by atoms with Gasteiger partial charge in [-0.2, -0.15) is 0 Å². The standard InChI is InChI=1S/C18H29N5O/c1-3-22(2)12-11-19-17(24)16-13-14-7-4-5-8-15(14)23(16)18-20-9-6-10-21-18/h6,9-10,14-16H,3-5,7-8,11-13H2,1-2H3,(H,19,24)/t14-,15-,16+/m1/s1. The lowest BCUT2D eigenvalue weighted by Crippen LogP contribution is -2.48. The van der Waals surface area contributed by atoms with Crippen LogP contribution in [0, 0.1) is 5.92 Å². The van der Waals surface area contributed by atoms with Crippen molar-refractivity contribution in [2.45, 2.75) is 51.1 Å². The molecule has 0 aromatic carbocycles. The Labute approximate surface area is 144 Å². The number of rotatable bonds is 6. The Bertz CT molecular complexity index is 537. The average molecular weight is 331 g/mol. The number of nitrogens with zero attached hydrogens (tertiary/aromatic N) is 4. The van der Waals surface area contributed by atoms with E-state index in [1.807, 2.05) is 6.07 Å². The maximum absolute atomic E-state index is 12.8. The highest BCUT2D eigenvalue weighted by Crippen LogP contribution is 2.41. The first-order valence-corrected chi connectivity index (χ1v) is 9.22. The van der Waals surface area contributed by atoms with E-state index in [0.717, 1.165) is 25.9 Å². The lowest BCUT2D eigenvalue weighted by Gasteiger charge is -2.33. The van der Waals surface area contributed by atoms with E-state index in [1.54, 1.807) is 12.4 Å². The SMILES string of the molecule is CCN(C)CCNC(=O)[C@@H]1C[C@H]2CCCC[C@H]2N1c1ncccn1. The predicted octanol–water partition coefficient (Wildman–Crippen LogP) is 1.68. The minimum atomic E-state index is -0.132. The number of carbonyl (C=O) groups is 1. The fourth-order valence-corrected chi connectivity index (χ4v) is 4.05. The summed E-state index contributed by atoms with van der Waals surface area (Å²) in [7, 11) is 2.07. The third kappa shape index (κ3) is 3.69. The Morgan fingerprint density at radius 2 is 2.08 bits per heavy atom. The second-order valence-electron chi connectivity index (χ2n) is 7.01. The van der Waals surface area contributed by atoms with Crippen LogP contribution in [0.3, 0.4) is 0 Å². The van der Waals surface area contributed by atoms with Gasteiger partial charge in [0.2, 0.25) is 11.9 Å². The zero-order valence-electron chi connectivity index (χ0n) is 14.8. The van der Waals surface area contributed by atoms with Crippen molar-refractivity contribution >= 4 is 11.9 Å².